The van der Waals surface area contributed by atoms with Crippen molar-refractivity contribution < 1.29 is 17.5 Å². The Morgan fingerprint density at radius 2 is 2.00 bits per heavy atom. The second-order valence-corrected chi connectivity index (χ2v) is 9.32. The van der Waals surface area contributed by atoms with Crippen LogP contribution in [0, 0.1) is 11.7 Å². The number of ether oxygens (including phenoxy) is 1. The SMILES string of the molecule is CC1(C)CC(CN2c3cc(F)ccc3CS2(=O)=O)C(C)(C)O1. The number of hydrogen-bond donors (Lipinski definition) is 0. The molecule has 1 saturated heterocycles. The third kappa shape index (κ3) is 2.63. The van der Waals surface area contributed by atoms with E-state index >= 15 is 0 Å². The Hall–Kier alpha value is -1.14. The van der Waals surface area contributed by atoms with Crippen LogP contribution in [0.2, 0.25) is 0 Å². The van der Waals surface area contributed by atoms with Gasteiger partial charge in [0.2, 0.25) is 10.0 Å². The maximum Gasteiger partial charge on any atom is 0.239 e. The summed E-state index contributed by atoms with van der Waals surface area (Å²) in [6.45, 7) is 8.33. The van der Waals surface area contributed by atoms with E-state index in [-0.39, 0.29) is 17.3 Å². The van der Waals surface area contributed by atoms with Crippen molar-refractivity contribution >= 4 is 15.7 Å². The molecule has 2 aliphatic rings. The Labute approximate surface area is 131 Å². The van der Waals surface area contributed by atoms with Crippen molar-refractivity contribution in [2.45, 2.75) is 51.1 Å². The largest absolute Gasteiger partial charge is 0.369 e. The van der Waals surface area contributed by atoms with Crippen LogP contribution in [-0.4, -0.2) is 26.2 Å². The fourth-order valence-corrected chi connectivity index (χ4v) is 5.36. The van der Waals surface area contributed by atoms with Crippen LogP contribution in [0.25, 0.3) is 0 Å². The quantitative estimate of drug-likeness (QED) is 0.839. The maximum atomic E-state index is 13.5. The standard InChI is InChI=1S/C16H22FNO3S/c1-15(2)8-12(16(3,4)21-15)9-18-14-7-13(17)6-5-11(14)10-22(18,19)20/h5-7,12H,8-10H2,1-4H3. The summed E-state index contributed by atoms with van der Waals surface area (Å²) >= 11 is 0. The molecule has 0 spiro atoms. The van der Waals surface area contributed by atoms with E-state index < -0.39 is 21.4 Å². The fourth-order valence-electron chi connectivity index (χ4n) is 3.69. The maximum absolute atomic E-state index is 13.5. The van der Waals surface area contributed by atoms with E-state index in [1.165, 1.54) is 16.4 Å². The van der Waals surface area contributed by atoms with Crippen molar-refractivity contribution in [3.8, 4) is 0 Å². The average molecular weight is 327 g/mol. The van der Waals surface area contributed by atoms with Crippen LogP contribution in [0.1, 0.15) is 39.7 Å². The third-order valence-corrected chi connectivity index (χ3v) is 6.33. The molecule has 1 aromatic carbocycles. The van der Waals surface area contributed by atoms with Gasteiger partial charge in [0.15, 0.2) is 0 Å². The van der Waals surface area contributed by atoms with E-state index in [4.69, 9.17) is 4.74 Å². The molecule has 1 unspecified atom stereocenters. The first-order valence-electron chi connectivity index (χ1n) is 7.49. The summed E-state index contributed by atoms with van der Waals surface area (Å²) in [6.07, 6.45) is 0.774. The highest BCUT2D eigenvalue weighted by Crippen LogP contribution is 2.44. The molecule has 0 radical (unpaired) electrons. The van der Waals surface area contributed by atoms with Gasteiger partial charge >= 0.3 is 0 Å². The number of sulfonamides is 1. The molecule has 3 rings (SSSR count). The molecule has 122 valence electrons. The lowest BCUT2D eigenvalue weighted by Crippen LogP contribution is -2.39. The summed E-state index contributed by atoms with van der Waals surface area (Å²) in [7, 11) is -3.43. The van der Waals surface area contributed by atoms with Gasteiger partial charge in [-0.05, 0) is 51.8 Å². The first-order chi connectivity index (χ1) is 10.0. The van der Waals surface area contributed by atoms with Gasteiger partial charge in [0.05, 0.1) is 22.6 Å². The van der Waals surface area contributed by atoms with Crippen LogP contribution >= 0.6 is 0 Å². The third-order valence-electron chi connectivity index (χ3n) is 4.64. The number of nitrogens with zero attached hydrogens (tertiary/aromatic N) is 1. The summed E-state index contributed by atoms with van der Waals surface area (Å²) in [5.41, 5.74) is 0.454. The van der Waals surface area contributed by atoms with Crippen molar-refractivity contribution in [1.29, 1.82) is 0 Å². The monoisotopic (exact) mass is 327 g/mol. The molecule has 0 saturated carbocycles. The first kappa shape index (κ1) is 15.7. The van der Waals surface area contributed by atoms with Crippen LogP contribution in [0.3, 0.4) is 0 Å². The zero-order chi connectivity index (χ0) is 16.3. The second-order valence-electron chi connectivity index (χ2n) is 7.43. The molecule has 1 fully saturated rings. The molecular weight excluding hydrogens is 305 g/mol. The van der Waals surface area contributed by atoms with Crippen LogP contribution in [0.5, 0.6) is 0 Å². The molecule has 22 heavy (non-hydrogen) atoms. The van der Waals surface area contributed by atoms with Crippen molar-refractivity contribution in [1.82, 2.24) is 0 Å². The van der Waals surface area contributed by atoms with E-state index in [0.29, 0.717) is 17.8 Å². The van der Waals surface area contributed by atoms with Crippen molar-refractivity contribution in [3.63, 3.8) is 0 Å². The summed E-state index contributed by atoms with van der Waals surface area (Å²) in [5.74, 6) is -0.408. The number of halogens is 1. The van der Waals surface area contributed by atoms with Gasteiger partial charge < -0.3 is 4.74 Å². The fraction of sp³-hybridized carbons (Fsp3) is 0.625. The zero-order valence-electron chi connectivity index (χ0n) is 13.4. The van der Waals surface area contributed by atoms with Gasteiger partial charge in [-0.3, -0.25) is 4.31 Å². The minimum absolute atomic E-state index is 0.0555. The molecule has 6 heteroatoms. The molecule has 1 aromatic rings. The first-order valence-corrected chi connectivity index (χ1v) is 9.10. The number of benzene rings is 1. The molecule has 2 aliphatic heterocycles. The summed E-state index contributed by atoms with van der Waals surface area (Å²) < 4.78 is 45.8. The van der Waals surface area contributed by atoms with Crippen LogP contribution in [0.15, 0.2) is 18.2 Å². The van der Waals surface area contributed by atoms with Gasteiger partial charge in [-0.15, -0.1) is 0 Å². The molecule has 0 aliphatic carbocycles. The molecule has 0 amide bonds. The Bertz CT molecular complexity index is 712. The van der Waals surface area contributed by atoms with Crippen LogP contribution in [-0.2, 0) is 20.5 Å². The molecule has 0 N–H and O–H groups in total. The summed E-state index contributed by atoms with van der Waals surface area (Å²) in [6, 6.07) is 4.18. The topological polar surface area (TPSA) is 46.6 Å². The highest BCUT2D eigenvalue weighted by Gasteiger charge is 2.48. The highest BCUT2D eigenvalue weighted by atomic mass is 32.2. The van der Waals surface area contributed by atoms with Crippen LogP contribution in [0.4, 0.5) is 10.1 Å². The van der Waals surface area contributed by atoms with Gasteiger partial charge in [0.25, 0.3) is 0 Å². The smallest absolute Gasteiger partial charge is 0.239 e. The number of fused-ring (bicyclic) bond motifs is 1. The Morgan fingerprint density at radius 1 is 1.32 bits per heavy atom. The van der Waals surface area contributed by atoms with E-state index in [1.54, 1.807) is 6.07 Å². The summed E-state index contributed by atoms with van der Waals surface area (Å²) in [4.78, 5) is 0. The lowest BCUT2D eigenvalue weighted by Gasteiger charge is -2.30. The van der Waals surface area contributed by atoms with E-state index in [9.17, 15) is 12.8 Å². The lowest BCUT2D eigenvalue weighted by atomic mass is 9.87. The van der Waals surface area contributed by atoms with Crippen LogP contribution < -0.4 is 4.31 Å². The minimum atomic E-state index is -3.43. The predicted octanol–water partition coefficient (Wildman–Crippen LogP) is 3.07. The Kier molecular flexibility index (Phi) is 3.35. The van der Waals surface area contributed by atoms with Gasteiger partial charge in [0, 0.05) is 12.5 Å². The van der Waals surface area contributed by atoms with E-state index in [0.717, 1.165) is 6.42 Å². The second kappa shape index (κ2) is 4.68. The van der Waals surface area contributed by atoms with Crippen molar-refractivity contribution in [2.24, 2.45) is 5.92 Å². The molecular formula is C16H22FNO3S. The molecule has 2 heterocycles. The zero-order valence-corrected chi connectivity index (χ0v) is 14.2. The van der Waals surface area contributed by atoms with Gasteiger partial charge in [-0.25, -0.2) is 12.8 Å². The van der Waals surface area contributed by atoms with E-state index in [2.05, 4.69) is 0 Å². The minimum Gasteiger partial charge on any atom is -0.369 e. The molecule has 1 atom stereocenters. The van der Waals surface area contributed by atoms with Crippen molar-refractivity contribution in [3.05, 3.63) is 29.6 Å². The number of hydrogen-bond acceptors (Lipinski definition) is 3. The Balaban J connectivity index is 1.94. The number of rotatable bonds is 2. The summed E-state index contributed by atoms with van der Waals surface area (Å²) in [5, 5.41) is 0. The predicted molar refractivity (Wildman–Crippen MR) is 83.7 cm³/mol. The lowest BCUT2D eigenvalue weighted by molar-refractivity contribution is -0.0735. The van der Waals surface area contributed by atoms with Gasteiger partial charge in [-0.2, -0.15) is 0 Å². The molecule has 0 aromatic heterocycles. The van der Waals surface area contributed by atoms with Gasteiger partial charge in [-0.1, -0.05) is 6.07 Å². The van der Waals surface area contributed by atoms with E-state index in [1.807, 2.05) is 27.7 Å². The Morgan fingerprint density at radius 3 is 2.59 bits per heavy atom. The highest BCUT2D eigenvalue weighted by molar-refractivity contribution is 7.92. The number of anilines is 1. The molecule has 4 nitrogen and oxygen atoms in total. The van der Waals surface area contributed by atoms with Crippen molar-refractivity contribution in [2.75, 3.05) is 10.8 Å². The average Bonchev–Trinajstić information content (AvgIpc) is 2.70. The molecule has 0 bridgehead atoms. The normalized spacial score (nSPS) is 27.9. The van der Waals surface area contributed by atoms with Gasteiger partial charge in [0.1, 0.15) is 5.82 Å².